The van der Waals surface area contributed by atoms with Crippen molar-refractivity contribution in [1.82, 2.24) is 9.78 Å². The van der Waals surface area contributed by atoms with Crippen LogP contribution in [0.2, 0.25) is 0 Å². The van der Waals surface area contributed by atoms with Crippen LogP contribution in [0.3, 0.4) is 0 Å². The first-order chi connectivity index (χ1) is 9.58. The number of nitrogens with one attached hydrogen (secondary N) is 1. The quantitative estimate of drug-likeness (QED) is 0.635. The van der Waals surface area contributed by atoms with Gasteiger partial charge in [-0.2, -0.15) is 5.10 Å². The maximum atomic E-state index is 11.3. The Morgan fingerprint density at radius 2 is 2.20 bits per heavy atom. The highest BCUT2D eigenvalue weighted by Crippen LogP contribution is 2.33. The molecule has 7 heteroatoms. The van der Waals surface area contributed by atoms with Crippen LogP contribution in [0.5, 0.6) is 0 Å². The molecule has 112 valence electrons. The second-order valence-electron chi connectivity index (χ2n) is 5.36. The first kappa shape index (κ1) is 14.8. The van der Waals surface area contributed by atoms with Crippen molar-refractivity contribution in [2.45, 2.75) is 45.1 Å². The number of aromatic nitrogens is 2. The number of nitrogens with zero attached hydrogens (tertiary/aromatic N) is 3. The Bertz CT molecular complexity index is 486. The monoisotopic (exact) mass is 282 g/mol. The molecule has 2 atom stereocenters. The summed E-state index contributed by atoms with van der Waals surface area (Å²) in [5.74, 6) is 0.612. The third-order valence-corrected chi connectivity index (χ3v) is 4.08. The number of anilines is 1. The molecule has 7 nitrogen and oxygen atoms in total. The number of hydrogen-bond acceptors (Lipinski definition) is 5. The fourth-order valence-corrected chi connectivity index (χ4v) is 2.95. The van der Waals surface area contributed by atoms with Gasteiger partial charge in [0.05, 0.1) is 4.92 Å². The summed E-state index contributed by atoms with van der Waals surface area (Å²) in [4.78, 5) is 10.9. The summed E-state index contributed by atoms with van der Waals surface area (Å²) in [6, 6.07) is 0.0764. The highest BCUT2D eigenvalue weighted by atomic mass is 16.6. The van der Waals surface area contributed by atoms with Crippen LogP contribution < -0.4 is 5.32 Å². The van der Waals surface area contributed by atoms with Gasteiger partial charge < -0.3 is 10.4 Å². The second-order valence-corrected chi connectivity index (χ2v) is 5.36. The van der Waals surface area contributed by atoms with E-state index in [4.69, 9.17) is 0 Å². The Morgan fingerprint density at radius 3 is 2.80 bits per heavy atom. The van der Waals surface area contributed by atoms with Gasteiger partial charge in [0.15, 0.2) is 0 Å². The third-order valence-electron chi connectivity index (χ3n) is 4.08. The van der Waals surface area contributed by atoms with Gasteiger partial charge in [-0.15, -0.1) is 0 Å². The van der Waals surface area contributed by atoms with Crippen molar-refractivity contribution in [1.29, 1.82) is 0 Å². The molecule has 1 aromatic heterocycles. The molecule has 1 saturated carbocycles. The summed E-state index contributed by atoms with van der Waals surface area (Å²) in [5, 5.41) is 28.2. The average Bonchev–Trinajstić information content (AvgIpc) is 2.76. The van der Waals surface area contributed by atoms with Gasteiger partial charge in [-0.05, 0) is 19.3 Å². The Hall–Kier alpha value is -1.63. The van der Waals surface area contributed by atoms with Gasteiger partial charge in [0, 0.05) is 25.6 Å². The number of rotatable bonds is 5. The summed E-state index contributed by atoms with van der Waals surface area (Å²) in [6.07, 6.45) is 4.60. The molecule has 2 rings (SSSR count). The predicted molar refractivity (Wildman–Crippen MR) is 75.7 cm³/mol. The van der Waals surface area contributed by atoms with Gasteiger partial charge >= 0.3 is 5.69 Å². The van der Waals surface area contributed by atoms with Gasteiger partial charge in [0.2, 0.25) is 5.82 Å². The van der Waals surface area contributed by atoms with Crippen LogP contribution in [0, 0.1) is 16.0 Å². The zero-order chi connectivity index (χ0) is 14.7. The van der Waals surface area contributed by atoms with E-state index in [1.54, 1.807) is 11.7 Å². The standard InChI is InChI=1S/C13H22N4O3/c1-3-10-12(17(19)20)13(16(2)15-10)14-11-7-5-4-6-9(11)8-18/h9,11,14,18H,3-8H2,1-2H3. The fourth-order valence-electron chi connectivity index (χ4n) is 2.95. The molecule has 0 aliphatic heterocycles. The third kappa shape index (κ3) is 2.77. The van der Waals surface area contributed by atoms with Gasteiger partial charge in [-0.3, -0.25) is 10.1 Å². The fraction of sp³-hybridized carbons (Fsp3) is 0.769. The largest absolute Gasteiger partial charge is 0.396 e. The number of nitro groups is 1. The molecule has 0 amide bonds. The van der Waals surface area contributed by atoms with E-state index in [-0.39, 0.29) is 29.2 Å². The van der Waals surface area contributed by atoms with Crippen LogP contribution in [0.25, 0.3) is 0 Å². The first-order valence-corrected chi connectivity index (χ1v) is 7.16. The maximum absolute atomic E-state index is 11.3. The van der Waals surface area contributed by atoms with E-state index >= 15 is 0 Å². The summed E-state index contributed by atoms with van der Waals surface area (Å²) in [5.41, 5.74) is 0.564. The van der Waals surface area contributed by atoms with E-state index in [2.05, 4.69) is 10.4 Å². The molecule has 1 aliphatic carbocycles. The van der Waals surface area contributed by atoms with E-state index in [0.717, 1.165) is 25.7 Å². The number of aliphatic hydroxyl groups is 1. The lowest BCUT2D eigenvalue weighted by molar-refractivity contribution is -0.384. The van der Waals surface area contributed by atoms with Crippen LogP contribution in [0.1, 0.15) is 38.3 Å². The van der Waals surface area contributed by atoms with E-state index in [9.17, 15) is 15.2 Å². The highest BCUT2D eigenvalue weighted by Gasteiger charge is 2.31. The normalized spacial score (nSPS) is 22.8. The highest BCUT2D eigenvalue weighted by molar-refractivity contribution is 5.60. The predicted octanol–water partition coefficient (Wildman–Crippen LogP) is 1.85. The summed E-state index contributed by atoms with van der Waals surface area (Å²) < 4.78 is 1.54. The molecule has 2 unspecified atom stereocenters. The number of aryl methyl sites for hydroxylation is 2. The molecule has 1 aromatic rings. The van der Waals surface area contributed by atoms with Crippen molar-refractivity contribution in [3.05, 3.63) is 15.8 Å². The van der Waals surface area contributed by atoms with E-state index in [1.165, 1.54) is 0 Å². The number of hydrogen-bond donors (Lipinski definition) is 2. The minimum atomic E-state index is -0.370. The van der Waals surface area contributed by atoms with Crippen LogP contribution >= 0.6 is 0 Å². The lowest BCUT2D eigenvalue weighted by atomic mass is 9.85. The van der Waals surface area contributed by atoms with Gasteiger partial charge in [-0.25, -0.2) is 4.68 Å². The smallest absolute Gasteiger partial charge is 0.333 e. The SMILES string of the molecule is CCc1nn(C)c(NC2CCCCC2CO)c1[N+](=O)[O-]. The molecule has 20 heavy (non-hydrogen) atoms. The molecule has 0 aromatic carbocycles. The number of aliphatic hydroxyl groups excluding tert-OH is 1. The van der Waals surface area contributed by atoms with E-state index in [0.29, 0.717) is 17.9 Å². The first-order valence-electron chi connectivity index (χ1n) is 7.16. The molecule has 0 radical (unpaired) electrons. The lowest BCUT2D eigenvalue weighted by Gasteiger charge is -2.31. The molecule has 1 aliphatic rings. The second kappa shape index (κ2) is 6.21. The zero-order valence-electron chi connectivity index (χ0n) is 12.0. The summed E-state index contributed by atoms with van der Waals surface area (Å²) in [7, 11) is 1.71. The lowest BCUT2D eigenvalue weighted by Crippen LogP contribution is -2.35. The molecule has 1 heterocycles. The van der Waals surface area contributed by atoms with Crippen LogP contribution in [0.4, 0.5) is 11.5 Å². The molecule has 0 spiro atoms. The average molecular weight is 282 g/mol. The topological polar surface area (TPSA) is 93.2 Å². The van der Waals surface area contributed by atoms with Crippen molar-refractivity contribution < 1.29 is 10.0 Å². The minimum Gasteiger partial charge on any atom is -0.396 e. The molecule has 0 saturated heterocycles. The van der Waals surface area contributed by atoms with Crippen LogP contribution in [0.15, 0.2) is 0 Å². The molecule has 2 N–H and O–H groups in total. The summed E-state index contributed by atoms with van der Waals surface area (Å²) >= 11 is 0. The Balaban J connectivity index is 2.28. The molecule has 1 fully saturated rings. The maximum Gasteiger partial charge on any atom is 0.333 e. The van der Waals surface area contributed by atoms with Crippen LogP contribution in [-0.4, -0.2) is 32.5 Å². The Labute approximate surface area is 118 Å². The van der Waals surface area contributed by atoms with Crippen LogP contribution in [-0.2, 0) is 13.5 Å². The molecular weight excluding hydrogens is 260 g/mol. The van der Waals surface area contributed by atoms with Crippen molar-refractivity contribution in [3.63, 3.8) is 0 Å². The van der Waals surface area contributed by atoms with Gasteiger partial charge in [0.1, 0.15) is 5.69 Å². The van der Waals surface area contributed by atoms with Gasteiger partial charge in [-0.1, -0.05) is 19.8 Å². The van der Waals surface area contributed by atoms with Crippen molar-refractivity contribution in [2.24, 2.45) is 13.0 Å². The van der Waals surface area contributed by atoms with Crippen molar-refractivity contribution in [2.75, 3.05) is 11.9 Å². The van der Waals surface area contributed by atoms with Crippen molar-refractivity contribution in [3.8, 4) is 0 Å². The zero-order valence-corrected chi connectivity index (χ0v) is 12.0. The molecular formula is C13H22N4O3. The van der Waals surface area contributed by atoms with E-state index < -0.39 is 0 Å². The Morgan fingerprint density at radius 1 is 1.50 bits per heavy atom. The minimum absolute atomic E-state index is 0.0669. The molecule has 0 bridgehead atoms. The van der Waals surface area contributed by atoms with Crippen molar-refractivity contribution >= 4 is 11.5 Å². The van der Waals surface area contributed by atoms with E-state index in [1.807, 2.05) is 6.92 Å². The summed E-state index contributed by atoms with van der Waals surface area (Å²) in [6.45, 7) is 1.97. The van der Waals surface area contributed by atoms with Gasteiger partial charge in [0.25, 0.3) is 0 Å². The Kier molecular flexibility index (Phi) is 4.59.